The van der Waals surface area contributed by atoms with Crippen LogP contribution in [0, 0.1) is 17.0 Å². The normalized spacial score (nSPS) is 11.2. The summed E-state index contributed by atoms with van der Waals surface area (Å²) < 4.78 is 25.9. The van der Waals surface area contributed by atoms with Crippen LogP contribution in [0.2, 0.25) is 10.0 Å². The topological polar surface area (TPSA) is 110 Å². The van der Waals surface area contributed by atoms with Gasteiger partial charge in [-0.15, -0.1) is 0 Å². The molecule has 0 heterocycles. The minimum absolute atomic E-state index is 0.0230. The van der Waals surface area contributed by atoms with Crippen LogP contribution in [0.1, 0.15) is 21.5 Å². The Morgan fingerprint density at radius 3 is 2.36 bits per heavy atom. The van der Waals surface area contributed by atoms with Crippen molar-refractivity contribution in [2.75, 3.05) is 15.9 Å². The Labute approximate surface area is 200 Å². The molecule has 33 heavy (non-hydrogen) atoms. The zero-order valence-electron chi connectivity index (χ0n) is 17.6. The minimum atomic E-state index is -3.68. The van der Waals surface area contributed by atoms with Crippen LogP contribution < -0.4 is 9.62 Å². The molecule has 0 aliphatic carbocycles. The van der Waals surface area contributed by atoms with E-state index >= 15 is 0 Å². The third kappa shape index (κ3) is 5.81. The number of nitrogens with zero attached hydrogens (tertiary/aromatic N) is 2. The Hall–Kier alpha value is -3.14. The first-order valence-corrected chi connectivity index (χ1v) is 12.1. The molecular formula is C22H19Cl2N3O5S. The first-order valence-electron chi connectivity index (χ1n) is 9.54. The summed E-state index contributed by atoms with van der Waals surface area (Å²) >= 11 is 12.3. The molecule has 0 aromatic heterocycles. The number of nitro groups is 1. The molecule has 11 heteroatoms. The van der Waals surface area contributed by atoms with Crippen molar-refractivity contribution in [3.05, 3.63) is 97.5 Å². The van der Waals surface area contributed by atoms with Gasteiger partial charge in [0.25, 0.3) is 11.6 Å². The predicted molar refractivity (Wildman–Crippen MR) is 130 cm³/mol. The van der Waals surface area contributed by atoms with E-state index in [1.54, 1.807) is 43.3 Å². The number of anilines is 2. The Balaban J connectivity index is 1.82. The number of hydrogen-bond acceptors (Lipinski definition) is 5. The summed E-state index contributed by atoms with van der Waals surface area (Å²) in [5, 5.41) is 14.0. The van der Waals surface area contributed by atoms with Crippen LogP contribution in [-0.2, 0) is 16.6 Å². The summed E-state index contributed by atoms with van der Waals surface area (Å²) in [6.45, 7) is 1.70. The molecule has 0 unspecified atom stereocenters. The fourth-order valence-electron chi connectivity index (χ4n) is 3.05. The van der Waals surface area contributed by atoms with Crippen LogP contribution in [0.4, 0.5) is 17.1 Å². The van der Waals surface area contributed by atoms with Crippen molar-refractivity contribution in [3.63, 3.8) is 0 Å². The fraction of sp³-hybridized carbons (Fsp3) is 0.136. The maximum Gasteiger partial charge on any atom is 0.271 e. The number of nitrogens with one attached hydrogen (secondary N) is 1. The lowest BCUT2D eigenvalue weighted by Gasteiger charge is -2.24. The van der Waals surface area contributed by atoms with E-state index in [1.807, 2.05) is 0 Å². The molecule has 0 saturated heterocycles. The monoisotopic (exact) mass is 507 g/mol. The first kappa shape index (κ1) is 24.5. The van der Waals surface area contributed by atoms with Crippen molar-refractivity contribution in [2.45, 2.75) is 13.5 Å². The van der Waals surface area contributed by atoms with E-state index in [2.05, 4.69) is 5.32 Å². The van der Waals surface area contributed by atoms with Crippen LogP contribution in [0.25, 0.3) is 0 Å². The predicted octanol–water partition coefficient (Wildman–Crippen LogP) is 5.43. The molecule has 0 bridgehead atoms. The standard InChI is InChI=1S/C22H19Cl2N3O5S/c1-14-6-11-17(27(29)30)12-19(14)25-22(28)16-9-7-15(8-10-16)13-26(33(2,31)32)20-5-3-4-18(23)21(20)24/h3-12H,13H2,1-2H3,(H,25,28). The number of benzene rings is 3. The van der Waals surface area contributed by atoms with Crippen molar-refractivity contribution in [3.8, 4) is 0 Å². The van der Waals surface area contributed by atoms with Crippen LogP contribution in [0.15, 0.2) is 60.7 Å². The number of halogens is 2. The Morgan fingerprint density at radius 2 is 1.76 bits per heavy atom. The lowest BCUT2D eigenvalue weighted by Crippen LogP contribution is -2.29. The van der Waals surface area contributed by atoms with Crippen molar-refractivity contribution in [2.24, 2.45) is 0 Å². The molecule has 1 N–H and O–H groups in total. The molecule has 3 aromatic carbocycles. The van der Waals surface area contributed by atoms with E-state index < -0.39 is 20.9 Å². The second-order valence-electron chi connectivity index (χ2n) is 7.25. The van der Waals surface area contributed by atoms with Crippen LogP contribution in [0.3, 0.4) is 0 Å². The van der Waals surface area contributed by atoms with Gasteiger partial charge in [0.05, 0.1) is 39.1 Å². The van der Waals surface area contributed by atoms with Gasteiger partial charge in [-0.3, -0.25) is 19.2 Å². The van der Waals surface area contributed by atoms with Crippen molar-refractivity contribution < 1.29 is 18.1 Å². The zero-order chi connectivity index (χ0) is 24.3. The van der Waals surface area contributed by atoms with E-state index in [4.69, 9.17) is 23.2 Å². The number of hydrogen-bond donors (Lipinski definition) is 1. The summed E-state index contributed by atoms with van der Waals surface area (Å²) in [6, 6.07) is 15.2. The molecule has 8 nitrogen and oxygen atoms in total. The number of amides is 1. The molecule has 0 atom stereocenters. The molecular weight excluding hydrogens is 489 g/mol. The average molecular weight is 508 g/mol. The van der Waals surface area contributed by atoms with Gasteiger partial charge in [-0.25, -0.2) is 8.42 Å². The highest BCUT2D eigenvalue weighted by Gasteiger charge is 2.22. The van der Waals surface area contributed by atoms with Crippen molar-refractivity contribution in [1.29, 1.82) is 0 Å². The van der Waals surface area contributed by atoms with Crippen molar-refractivity contribution >= 4 is 56.2 Å². The number of carbonyl (C=O) groups excluding carboxylic acids is 1. The number of sulfonamides is 1. The summed E-state index contributed by atoms with van der Waals surface area (Å²) in [5.41, 5.74) is 2.03. The maximum absolute atomic E-state index is 12.6. The van der Waals surface area contributed by atoms with Gasteiger partial charge in [-0.1, -0.05) is 47.5 Å². The second kappa shape index (κ2) is 9.78. The average Bonchev–Trinajstić information content (AvgIpc) is 2.75. The molecule has 0 aliphatic heterocycles. The molecule has 0 saturated carbocycles. The molecule has 172 valence electrons. The van der Waals surface area contributed by atoms with E-state index in [0.717, 1.165) is 10.6 Å². The van der Waals surface area contributed by atoms with Gasteiger partial charge < -0.3 is 5.32 Å². The fourth-order valence-corrected chi connectivity index (χ4v) is 4.39. The maximum atomic E-state index is 12.6. The summed E-state index contributed by atoms with van der Waals surface area (Å²) in [4.78, 5) is 23.1. The summed E-state index contributed by atoms with van der Waals surface area (Å²) in [7, 11) is -3.68. The van der Waals surface area contributed by atoms with E-state index in [-0.39, 0.29) is 28.0 Å². The number of carbonyl (C=O) groups is 1. The number of aryl methyl sites for hydroxylation is 1. The van der Waals surface area contributed by atoms with Gasteiger partial charge in [0.2, 0.25) is 10.0 Å². The zero-order valence-corrected chi connectivity index (χ0v) is 19.9. The molecule has 0 aliphatic rings. The Bertz CT molecular complexity index is 1330. The molecule has 3 rings (SSSR count). The third-order valence-corrected chi connectivity index (χ3v) is 6.76. The molecule has 0 spiro atoms. The van der Waals surface area contributed by atoms with Crippen LogP contribution >= 0.6 is 23.2 Å². The Morgan fingerprint density at radius 1 is 1.09 bits per heavy atom. The van der Waals surface area contributed by atoms with Gasteiger partial charge in [-0.05, 0) is 42.3 Å². The molecule has 0 fully saturated rings. The van der Waals surface area contributed by atoms with E-state index in [1.165, 1.54) is 24.3 Å². The number of rotatable bonds is 7. The Kier molecular flexibility index (Phi) is 7.26. The first-order chi connectivity index (χ1) is 15.5. The second-order valence-corrected chi connectivity index (χ2v) is 9.94. The number of nitro benzene ring substituents is 1. The molecule has 3 aromatic rings. The van der Waals surface area contributed by atoms with Gasteiger partial charge in [0.15, 0.2) is 0 Å². The quantitative estimate of drug-likeness (QED) is 0.338. The SMILES string of the molecule is Cc1ccc([N+](=O)[O-])cc1NC(=O)c1ccc(CN(c2cccc(Cl)c2Cl)S(C)(=O)=O)cc1. The lowest BCUT2D eigenvalue weighted by molar-refractivity contribution is -0.384. The highest BCUT2D eigenvalue weighted by atomic mass is 35.5. The smallest absolute Gasteiger partial charge is 0.271 e. The minimum Gasteiger partial charge on any atom is -0.321 e. The van der Waals surface area contributed by atoms with Crippen LogP contribution in [0.5, 0.6) is 0 Å². The van der Waals surface area contributed by atoms with E-state index in [9.17, 15) is 23.3 Å². The van der Waals surface area contributed by atoms with Gasteiger partial charge in [0, 0.05) is 17.7 Å². The highest BCUT2D eigenvalue weighted by Crippen LogP contribution is 2.34. The van der Waals surface area contributed by atoms with Gasteiger partial charge in [-0.2, -0.15) is 0 Å². The number of non-ortho nitro benzene ring substituents is 1. The molecule has 0 radical (unpaired) electrons. The third-order valence-electron chi connectivity index (χ3n) is 4.82. The lowest BCUT2D eigenvalue weighted by atomic mass is 10.1. The largest absolute Gasteiger partial charge is 0.321 e. The van der Waals surface area contributed by atoms with Gasteiger partial charge in [0.1, 0.15) is 0 Å². The van der Waals surface area contributed by atoms with Gasteiger partial charge >= 0.3 is 0 Å². The summed E-state index contributed by atoms with van der Waals surface area (Å²) in [5.74, 6) is -0.456. The van der Waals surface area contributed by atoms with Crippen LogP contribution in [-0.4, -0.2) is 25.5 Å². The highest BCUT2D eigenvalue weighted by molar-refractivity contribution is 7.92. The molecule has 1 amide bonds. The van der Waals surface area contributed by atoms with E-state index in [0.29, 0.717) is 22.4 Å². The summed E-state index contributed by atoms with van der Waals surface area (Å²) in [6.07, 6.45) is 1.06. The van der Waals surface area contributed by atoms with Crippen molar-refractivity contribution in [1.82, 2.24) is 0 Å².